The summed E-state index contributed by atoms with van der Waals surface area (Å²) >= 11 is 0. The molecule has 0 saturated carbocycles. The second-order valence-corrected chi connectivity index (χ2v) is 3.45. The molecule has 3 N–H and O–H groups in total. The van der Waals surface area contributed by atoms with Crippen LogP contribution in [0.1, 0.15) is 11.1 Å². The van der Waals surface area contributed by atoms with Crippen molar-refractivity contribution in [1.82, 2.24) is 0 Å². The van der Waals surface area contributed by atoms with Gasteiger partial charge in [-0.1, -0.05) is 60.7 Å². The summed E-state index contributed by atoms with van der Waals surface area (Å²) in [7, 11) is 0. The van der Waals surface area contributed by atoms with Gasteiger partial charge < -0.3 is 0 Å². The predicted molar refractivity (Wildman–Crippen MR) is 80.9 cm³/mol. The SMILES string of the molecule is N=C=O.N=C=O.N=C=O.c1ccc(Cc2ccccc2)cc1. The van der Waals surface area contributed by atoms with Crippen LogP contribution in [0.15, 0.2) is 60.7 Å². The zero-order valence-corrected chi connectivity index (χ0v) is 11.7. The summed E-state index contributed by atoms with van der Waals surface area (Å²) in [6, 6.07) is 21.1. The largest absolute Gasteiger partial charge is 0.231 e. The minimum Gasteiger partial charge on any atom is -0.222 e. The number of benzene rings is 2. The third-order valence-corrected chi connectivity index (χ3v) is 2.09. The predicted octanol–water partition coefficient (Wildman–Crippen LogP) is 2.98. The van der Waals surface area contributed by atoms with Crippen molar-refractivity contribution in [2.45, 2.75) is 6.42 Å². The highest BCUT2D eigenvalue weighted by molar-refractivity contribution is 5.27. The fourth-order valence-corrected chi connectivity index (χ4v) is 1.43. The maximum Gasteiger partial charge on any atom is 0.231 e. The molecule has 0 aliphatic rings. The number of isocyanates is 3. The summed E-state index contributed by atoms with van der Waals surface area (Å²) in [5.74, 6) is 0. The number of hydrogen-bond acceptors (Lipinski definition) is 6. The molecule has 2 rings (SSSR count). The highest BCUT2D eigenvalue weighted by atomic mass is 16.1. The molecule has 0 aliphatic carbocycles. The van der Waals surface area contributed by atoms with Gasteiger partial charge in [0, 0.05) is 0 Å². The van der Waals surface area contributed by atoms with Gasteiger partial charge in [-0.25, -0.2) is 30.6 Å². The average Bonchev–Trinajstić information content (AvgIpc) is 2.52. The van der Waals surface area contributed by atoms with E-state index >= 15 is 0 Å². The van der Waals surface area contributed by atoms with E-state index in [4.69, 9.17) is 30.6 Å². The van der Waals surface area contributed by atoms with E-state index in [1.165, 1.54) is 11.1 Å². The van der Waals surface area contributed by atoms with Crippen molar-refractivity contribution in [2.75, 3.05) is 0 Å². The highest BCUT2D eigenvalue weighted by Gasteiger charge is 1.92. The van der Waals surface area contributed by atoms with Gasteiger partial charge in [0.1, 0.15) is 0 Å². The first-order valence-corrected chi connectivity index (χ1v) is 5.89. The molecule has 0 spiro atoms. The smallest absolute Gasteiger partial charge is 0.222 e. The maximum atomic E-state index is 8.35. The number of carbonyl (C=O) groups excluding carboxylic acids is 3. The molecule has 22 heavy (non-hydrogen) atoms. The quantitative estimate of drug-likeness (QED) is 0.583. The molecule has 0 aliphatic heterocycles. The number of nitrogens with one attached hydrogen (secondary N) is 3. The maximum absolute atomic E-state index is 8.35. The van der Waals surface area contributed by atoms with E-state index in [-0.39, 0.29) is 0 Å². The van der Waals surface area contributed by atoms with Crippen molar-refractivity contribution in [3.05, 3.63) is 71.8 Å². The molecule has 0 aromatic heterocycles. The first kappa shape index (κ1) is 20.9. The topological polar surface area (TPSA) is 123 Å². The van der Waals surface area contributed by atoms with Gasteiger partial charge in [0.05, 0.1) is 0 Å². The molecule has 0 unspecified atom stereocenters. The lowest BCUT2D eigenvalue weighted by atomic mass is 10.1. The van der Waals surface area contributed by atoms with E-state index in [0.29, 0.717) is 0 Å². The molecule has 0 radical (unpaired) electrons. The van der Waals surface area contributed by atoms with Crippen LogP contribution in [0.3, 0.4) is 0 Å². The van der Waals surface area contributed by atoms with Gasteiger partial charge in [-0.05, 0) is 17.5 Å². The normalized spacial score (nSPS) is 6.91. The number of rotatable bonds is 2. The van der Waals surface area contributed by atoms with Gasteiger partial charge in [0.2, 0.25) is 18.2 Å². The van der Waals surface area contributed by atoms with Crippen LogP contribution < -0.4 is 0 Å². The Balaban J connectivity index is 0. The second-order valence-electron chi connectivity index (χ2n) is 3.45. The van der Waals surface area contributed by atoms with Crippen LogP contribution in [0.2, 0.25) is 0 Å². The lowest BCUT2D eigenvalue weighted by Crippen LogP contribution is -1.85. The molecule has 2 aromatic rings. The van der Waals surface area contributed by atoms with E-state index in [0.717, 1.165) is 24.7 Å². The van der Waals surface area contributed by atoms with E-state index in [1.54, 1.807) is 0 Å². The molecular weight excluding hydrogens is 282 g/mol. The Hall–Kier alpha value is -3.42. The van der Waals surface area contributed by atoms with Crippen LogP contribution in [0.5, 0.6) is 0 Å². The van der Waals surface area contributed by atoms with Gasteiger partial charge in [-0.2, -0.15) is 0 Å². The first-order valence-electron chi connectivity index (χ1n) is 5.89. The van der Waals surface area contributed by atoms with Gasteiger partial charge in [-0.15, -0.1) is 0 Å². The molecule has 0 heterocycles. The highest BCUT2D eigenvalue weighted by Crippen LogP contribution is 2.07. The van der Waals surface area contributed by atoms with Crippen molar-refractivity contribution in [1.29, 1.82) is 16.2 Å². The van der Waals surface area contributed by atoms with Gasteiger partial charge >= 0.3 is 0 Å². The standard InChI is InChI=1S/C13H12.3CHNO/c1-3-7-12(8-4-1)11-13-9-5-2-6-10-13;3*2-1-3/h1-10H,11H2;3*2H. The molecule has 2 aromatic carbocycles. The zero-order valence-electron chi connectivity index (χ0n) is 11.7. The molecule has 6 nitrogen and oxygen atoms in total. The van der Waals surface area contributed by atoms with Gasteiger partial charge in [0.15, 0.2) is 0 Å². The first-order chi connectivity index (χ1) is 10.7. The van der Waals surface area contributed by atoms with E-state index < -0.39 is 0 Å². The van der Waals surface area contributed by atoms with Gasteiger partial charge in [0.25, 0.3) is 0 Å². The van der Waals surface area contributed by atoms with Crippen LogP contribution in [-0.4, -0.2) is 18.2 Å². The van der Waals surface area contributed by atoms with Crippen molar-refractivity contribution in [2.24, 2.45) is 0 Å². The fourth-order valence-electron chi connectivity index (χ4n) is 1.43. The average molecular weight is 297 g/mol. The molecule has 0 atom stereocenters. The molecule has 6 heteroatoms. The van der Waals surface area contributed by atoms with E-state index in [9.17, 15) is 0 Å². The lowest BCUT2D eigenvalue weighted by Gasteiger charge is -2.00. The van der Waals surface area contributed by atoms with Crippen LogP contribution in [0.4, 0.5) is 0 Å². The van der Waals surface area contributed by atoms with Crippen molar-refractivity contribution >= 4 is 18.2 Å². The third kappa shape index (κ3) is 14.6. The molecule has 0 fully saturated rings. The molecule has 0 amide bonds. The van der Waals surface area contributed by atoms with Crippen molar-refractivity contribution in [3.8, 4) is 0 Å². The Morgan fingerprint density at radius 2 is 0.818 bits per heavy atom. The Bertz CT molecular complexity index is 529. The number of hydrogen-bond donors (Lipinski definition) is 3. The summed E-state index contributed by atoms with van der Waals surface area (Å²) in [4.78, 5) is 25.0. The summed E-state index contributed by atoms with van der Waals surface area (Å²) in [6.07, 6.45) is 3.28. The molecule has 0 saturated heterocycles. The minimum atomic E-state index is 0.750. The van der Waals surface area contributed by atoms with Crippen LogP contribution in [0.25, 0.3) is 0 Å². The summed E-state index contributed by atoms with van der Waals surface area (Å²) in [6.45, 7) is 0. The third-order valence-electron chi connectivity index (χ3n) is 2.09. The van der Waals surface area contributed by atoms with Crippen molar-refractivity contribution < 1.29 is 14.4 Å². The monoisotopic (exact) mass is 297 g/mol. The zero-order chi connectivity index (χ0) is 17.1. The Kier molecular flexibility index (Phi) is 16.7. The van der Waals surface area contributed by atoms with Crippen LogP contribution in [0, 0.1) is 16.2 Å². The lowest BCUT2D eigenvalue weighted by molar-refractivity contribution is 0.562. The summed E-state index contributed by atoms with van der Waals surface area (Å²) < 4.78 is 0. The fraction of sp³-hybridized carbons (Fsp3) is 0.0625. The van der Waals surface area contributed by atoms with E-state index in [2.05, 4.69) is 60.7 Å². The minimum absolute atomic E-state index is 0.750. The van der Waals surface area contributed by atoms with E-state index in [1.807, 2.05) is 0 Å². The Morgan fingerprint density at radius 3 is 1.05 bits per heavy atom. The second kappa shape index (κ2) is 17.6. The summed E-state index contributed by atoms with van der Waals surface area (Å²) in [5, 5.41) is 16.2. The summed E-state index contributed by atoms with van der Waals surface area (Å²) in [5.41, 5.74) is 2.74. The Morgan fingerprint density at radius 1 is 0.591 bits per heavy atom. The Labute approximate surface area is 128 Å². The molecular formula is C16H15N3O3. The van der Waals surface area contributed by atoms with Crippen molar-refractivity contribution in [3.63, 3.8) is 0 Å². The van der Waals surface area contributed by atoms with Crippen LogP contribution >= 0.6 is 0 Å². The molecule has 112 valence electrons. The van der Waals surface area contributed by atoms with Crippen LogP contribution in [-0.2, 0) is 20.8 Å². The van der Waals surface area contributed by atoms with Gasteiger partial charge in [-0.3, -0.25) is 0 Å². The molecule has 0 bridgehead atoms.